The monoisotopic (exact) mass is 308 g/mol. The predicted octanol–water partition coefficient (Wildman–Crippen LogP) is 5.34. The molecule has 0 amide bonds. The highest BCUT2D eigenvalue weighted by Gasteiger charge is 2.26. The van der Waals surface area contributed by atoms with Crippen molar-refractivity contribution in [3.63, 3.8) is 0 Å². The molecule has 116 valence electrons. The van der Waals surface area contributed by atoms with Crippen LogP contribution in [-0.4, -0.2) is 0 Å². The molecule has 0 nitrogen and oxygen atoms in total. The van der Waals surface area contributed by atoms with Gasteiger partial charge in [-0.05, 0) is 54.9 Å². The minimum absolute atomic E-state index is 0.105. The van der Waals surface area contributed by atoms with E-state index in [9.17, 15) is 17.6 Å². The fourth-order valence-corrected chi connectivity index (χ4v) is 3.12. The second kappa shape index (κ2) is 5.41. The Balaban J connectivity index is 2.23. The second-order valence-electron chi connectivity index (χ2n) is 6.09. The van der Waals surface area contributed by atoms with Crippen LogP contribution in [0, 0.1) is 36.1 Å². The quantitative estimate of drug-likeness (QED) is 0.624. The number of halogens is 4. The summed E-state index contributed by atoms with van der Waals surface area (Å²) in [5.74, 6) is -3.51. The molecular formula is C18H16F4. The molecule has 1 atom stereocenters. The van der Waals surface area contributed by atoms with Crippen LogP contribution in [0.4, 0.5) is 17.6 Å². The van der Waals surface area contributed by atoms with Crippen molar-refractivity contribution in [3.05, 3.63) is 58.2 Å². The number of aryl methyl sites for hydroxylation is 1. The number of hydrogen-bond acceptors (Lipinski definition) is 0. The van der Waals surface area contributed by atoms with Gasteiger partial charge in [-0.1, -0.05) is 19.1 Å². The van der Waals surface area contributed by atoms with E-state index in [1.165, 1.54) is 25.1 Å². The highest BCUT2D eigenvalue weighted by Crippen LogP contribution is 2.37. The number of benzene rings is 2. The first kappa shape index (κ1) is 15.1. The molecule has 1 unspecified atom stereocenters. The van der Waals surface area contributed by atoms with E-state index < -0.39 is 28.8 Å². The van der Waals surface area contributed by atoms with Crippen LogP contribution in [-0.2, 0) is 12.8 Å². The lowest BCUT2D eigenvalue weighted by Gasteiger charge is -2.23. The first-order valence-electron chi connectivity index (χ1n) is 7.34. The Bertz CT molecular complexity index is 749. The maximum atomic E-state index is 14.7. The molecule has 0 fully saturated rings. The third-order valence-electron chi connectivity index (χ3n) is 4.41. The minimum Gasteiger partial charge on any atom is -0.206 e. The molecule has 0 bridgehead atoms. The SMILES string of the molecule is Cc1ccc(-c2c(F)cc3c(c2F)CCC(C)C3)c(F)c1F. The predicted molar refractivity (Wildman–Crippen MR) is 77.6 cm³/mol. The van der Waals surface area contributed by atoms with Gasteiger partial charge in [-0.25, -0.2) is 17.6 Å². The Kier molecular flexibility index (Phi) is 3.71. The summed E-state index contributed by atoms with van der Waals surface area (Å²) in [5.41, 5.74) is 0.332. The van der Waals surface area contributed by atoms with Crippen molar-refractivity contribution in [2.45, 2.75) is 33.1 Å². The van der Waals surface area contributed by atoms with Crippen LogP contribution >= 0.6 is 0 Å². The maximum absolute atomic E-state index is 14.7. The minimum atomic E-state index is -1.21. The third-order valence-corrected chi connectivity index (χ3v) is 4.41. The molecule has 0 aliphatic heterocycles. The van der Waals surface area contributed by atoms with Gasteiger partial charge in [0.15, 0.2) is 11.6 Å². The van der Waals surface area contributed by atoms with Gasteiger partial charge in [-0.3, -0.25) is 0 Å². The average Bonchev–Trinajstić information content (AvgIpc) is 2.46. The molecule has 0 saturated carbocycles. The van der Waals surface area contributed by atoms with Crippen molar-refractivity contribution < 1.29 is 17.6 Å². The van der Waals surface area contributed by atoms with Crippen LogP contribution in [0.25, 0.3) is 11.1 Å². The molecule has 0 saturated heterocycles. The number of rotatable bonds is 1. The first-order chi connectivity index (χ1) is 10.4. The summed E-state index contributed by atoms with van der Waals surface area (Å²) in [6, 6.07) is 3.82. The Morgan fingerprint density at radius 3 is 2.45 bits per heavy atom. The summed E-state index contributed by atoms with van der Waals surface area (Å²) >= 11 is 0. The fraction of sp³-hybridized carbons (Fsp3) is 0.333. The highest BCUT2D eigenvalue weighted by molar-refractivity contribution is 5.68. The lowest BCUT2D eigenvalue weighted by atomic mass is 9.83. The van der Waals surface area contributed by atoms with E-state index in [0.717, 1.165) is 6.42 Å². The van der Waals surface area contributed by atoms with Crippen LogP contribution in [0.1, 0.15) is 30.0 Å². The lowest BCUT2D eigenvalue weighted by Crippen LogP contribution is -2.15. The van der Waals surface area contributed by atoms with Gasteiger partial charge in [0.2, 0.25) is 0 Å². The molecule has 3 rings (SSSR count). The van der Waals surface area contributed by atoms with Gasteiger partial charge in [0.05, 0.1) is 5.56 Å². The molecule has 0 heterocycles. The largest absolute Gasteiger partial charge is 0.206 e. The lowest BCUT2D eigenvalue weighted by molar-refractivity contribution is 0.474. The fourth-order valence-electron chi connectivity index (χ4n) is 3.12. The zero-order valence-electron chi connectivity index (χ0n) is 12.4. The molecule has 4 heteroatoms. The van der Waals surface area contributed by atoms with Gasteiger partial charge in [0.1, 0.15) is 11.6 Å². The van der Waals surface area contributed by atoms with Gasteiger partial charge in [-0.15, -0.1) is 0 Å². The zero-order chi connectivity index (χ0) is 16.0. The van der Waals surface area contributed by atoms with E-state index in [1.54, 1.807) is 0 Å². The van der Waals surface area contributed by atoms with E-state index in [4.69, 9.17) is 0 Å². The molecule has 2 aromatic rings. The summed E-state index contributed by atoms with van der Waals surface area (Å²) in [6.07, 6.45) is 1.90. The Morgan fingerprint density at radius 1 is 1.00 bits per heavy atom. The Labute approximate surface area is 126 Å². The maximum Gasteiger partial charge on any atom is 0.167 e. The standard InChI is InChI=1S/C18H16F4/c1-9-3-5-12-11(7-9)8-14(19)15(17(12)21)13-6-4-10(2)16(20)18(13)22/h4,6,8-9H,3,5,7H2,1-2H3. The Hall–Kier alpha value is -1.84. The molecule has 22 heavy (non-hydrogen) atoms. The summed E-state index contributed by atoms with van der Waals surface area (Å²) in [5, 5.41) is 0. The summed E-state index contributed by atoms with van der Waals surface area (Å²) in [6.45, 7) is 3.44. The van der Waals surface area contributed by atoms with Crippen LogP contribution < -0.4 is 0 Å². The van der Waals surface area contributed by atoms with Crippen molar-refractivity contribution >= 4 is 0 Å². The average molecular weight is 308 g/mol. The van der Waals surface area contributed by atoms with Crippen molar-refractivity contribution in [2.75, 3.05) is 0 Å². The zero-order valence-corrected chi connectivity index (χ0v) is 12.4. The normalized spacial score (nSPS) is 17.5. The molecule has 0 aromatic heterocycles. The molecule has 2 aromatic carbocycles. The summed E-state index contributed by atoms with van der Waals surface area (Å²) in [7, 11) is 0. The van der Waals surface area contributed by atoms with Gasteiger partial charge < -0.3 is 0 Å². The van der Waals surface area contributed by atoms with Crippen molar-refractivity contribution in [3.8, 4) is 11.1 Å². The van der Waals surface area contributed by atoms with Crippen molar-refractivity contribution in [1.29, 1.82) is 0 Å². The molecular weight excluding hydrogens is 292 g/mol. The van der Waals surface area contributed by atoms with Crippen LogP contribution in [0.5, 0.6) is 0 Å². The summed E-state index contributed by atoms with van der Waals surface area (Å²) < 4.78 is 56.9. The molecule has 1 aliphatic carbocycles. The molecule has 0 spiro atoms. The van der Waals surface area contributed by atoms with E-state index in [1.807, 2.05) is 6.92 Å². The van der Waals surface area contributed by atoms with Gasteiger partial charge in [0.25, 0.3) is 0 Å². The highest BCUT2D eigenvalue weighted by atomic mass is 19.2. The van der Waals surface area contributed by atoms with E-state index in [0.29, 0.717) is 29.9 Å². The van der Waals surface area contributed by atoms with Crippen molar-refractivity contribution in [1.82, 2.24) is 0 Å². The van der Waals surface area contributed by atoms with Gasteiger partial charge >= 0.3 is 0 Å². The Morgan fingerprint density at radius 2 is 1.73 bits per heavy atom. The van der Waals surface area contributed by atoms with Crippen molar-refractivity contribution in [2.24, 2.45) is 5.92 Å². The van der Waals surface area contributed by atoms with Crippen LogP contribution in [0.2, 0.25) is 0 Å². The second-order valence-corrected chi connectivity index (χ2v) is 6.09. The molecule has 0 radical (unpaired) electrons. The van der Waals surface area contributed by atoms with E-state index >= 15 is 0 Å². The van der Waals surface area contributed by atoms with E-state index in [-0.39, 0.29) is 11.1 Å². The first-order valence-corrected chi connectivity index (χ1v) is 7.34. The topological polar surface area (TPSA) is 0 Å². The van der Waals surface area contributed by atoms with Gasteiger partial charge in [-0.2, -0.15) is 0 Å². The van der Waals surface area contributed by atoms with Crippen LogP contribution in [0.3, 0.4) is 0 Å². The number of fused-ring (bicyclic) bond motifs is 1. The number of hydrogen-bond donors (Lipinski definition) is 0. The third kappa shape index (κ3) is 2.31. The smallest absolute Gasteiger partial charge is 0.167 e. The van der Waals surface area contributed by atoms with E-state index in [2.05, 4.69) is 0 Å². The molecule has 0 N–H and O–H groups in total. The van der Waals surface area contributed by atoms with Gasteiger partial charge in [0, 0.05) is 5.56 Å². The summed E-state index contributed by atoms with van der Waals surface area (Å²) in [4.78, 5) is 0. The van der Waals surface area contributed by atoms with Crippen LogP contribution in [0.15, 0.2) is 18.2 Å². The molecule has 1 aliphatic rings.